The molecule has 0 radical (unpaired) electrons. The molecule has 0 unspecified atom stereocenters. The first-order chi connectivity index (χ1) is 22.7. The highest BCUT2D eigenvalue weighted by atomic mass is 32.1. The van der Waals surface area contributed by atoms with E-state index in [9.17, 15) is 39.9 Å². The number of aliphatic hydroxyl groups is 4. The Bertz CT molecular complexity index is 1930. The SMILES string of the molecule is CC.C[C@H]1c2ccc(NC(=S)Nc3cccc4ccccc34)c(O)c2C(O)=C2C(=O)[C@]3(O)C(O)=C(C(N)=O)C(=O)[C@@H](N(C)C)[C@@H]3[C@@H](O)[C@@H]21. The lowest BCUT2D eigenvalue weighted by molar-refractivity contribution is -0.169. The molecule has 1 amide bonds. The molecule has 0 heterocycles. The maximum absolute atomic E-state index is 14.2. The third kappa shape index (κ3) is 5.01. The van der Waals surface area contributed by atoms with Gasteiger partial charge in [0.2, 0.25) is 5.78 Å². The Morgan fingerprint density at radius 2 is 1.58 bits per heavy atom. The summed E-state index contributed by atoms with van der Waals surface area (Å²) >= 11 is 5.51. The van der Waals surface area contributed by atoms with Gasteiger partial charge in [-0.1, -0.05) is 63.2 Å². The van der Waals surface area contributed by atoms with Gasteiger partial charge in [-0.05, 0) is 55.3 Å². The maximum Gasteiger partial charge on any atom is 0.255 e. The summed E-state index contributed by atoms with van der Waals surface area (Å²) in [6.07, 6.45) is -1.67. The average Bonchev–Trinajstić information content (AvgIpc) is 3.04. The molecule has 3 aromatic rings. The first kappa shape index (κ1) is 34.5. The molecule has 3 aromatic carbocycles. The number of nitrogens with one attached hydrogen (secondary N) is 2. The number of carbonyl (C=O) groups excluding carboxylic acids is 3. The number of Topliss-reactive ketones (excluding diaryl/α,β-unsaturated/α-hetero) is 2. The highest BCUT2D eigenvalue weighted by molar-refractivity contribution is 7.80. The van der Waals surface area contributed by atoms with Gasteiger partial charge in [-0.2, -0.15) is 0 Å². The van der Waals surface area contributed by atoms with Crippen LogP contribution in [0, 0.1) is 11.8 Å². The van der Waals surface area contributed by atoms with E-state index in [4.69, 9.17) is 18.0 Å². The normalized spacial score (nSPS) is 26.3. The molecule has 0 aromatic heterocycles. The van der Waals surface area contributed by atoms with E-state index in [0.29, 0.717) is 11.3 Å². The highest BCUT2D eigenvalue weighted by Gasteiger charge is 2.68. The monoisotopic (exact) mass is 674 g/mol. The minimum Gasteiger partial charge on any atom is -0.508 e. The van der Waals surface area contributed by atoms with Crippen LogP contribution >= 0.6 is 12.2 Å². The predicted molar refractivity (Wildman–Crippen MR) is 185 cm³/mol. The molecule has 3 aliphatic rings. The minimum absolute atomic E-state index is 0.0874. The van der Waals surface area contributed by atoms with E-state index in [1.54, 1.807) is 13.0 Å². The number of nitrogens with two attached hydrogens (primary N) is 1. The summed E-state index contributed by atoms with van der Waals surface area (Å²) in [6, 6.07) is 15.1. The number of rotatable bonds is 4. The van der Waals surface area contributed by atoms with Crippen molar-refractivity contribution < 1.29 is 39.9 Å². The van der Waals surface area contributed by atoms with Crippen molar-refractivity contribution in [2.75, 3.05) is 24.7 Å². The molecular weight excluding hydrogens is 636 g/mol. The smallest absolute Gasteiger partial charge is 0.255 e. The second-order valence-corrected chi connectivity index (χ2v) is 12.5. The van der Waals surface area contributed by atoms with Gasteiger partial charge in [0.05, 0.1) is 29.3 Å². The lowest BCUT2D eigenvalue weighted by Crippen LogP contribution is -2.70. The Balaban J connectivity index is 0.00000221. The van der Waals surface area contributed by atoms with Gasteiger partial charge >= 0.3 is 0 Å². The first-order valence-corrected chi connectivity index (χ1v) is 15.9. The summed E-state index contributed by atoms with van der Waals surface area (Å²) in [5.41, 5.74) is 1.97. The third-order valence-corrected chi connectivity index (χ3v) is 9.62. The topological polar surface area (TPSA) is 206 Å². The van der Waals surface area contributed by atoms with Crippen molar-refractivity contribution in [3.8, 4) is 5.75 Å². The zero-order chi connectivity index (χ0) is 35.4. The number of likely N-dealkylation sites (N-methyl/N-ethyl adjacent to an activating group) is 1. The Hall–Kier alpha value is -4.82. The van der Waals surface area contributed by atoms with Crippen LogP contribution in [-0.2, 0) is 14.4 Å². The van der Waals surface area contributed by atoms with Crippen molar-refractivity contribution in [3.63, 3.8) is 0 Å². The molecule has 1 fully saturated rings. The van der Waals surface area contributed by atoms with Crippen molar-refractivity contribution in [3.05, 3.63) is 82.6 Å². The summed E-state index contributed by atoms with van der Waals surface area (Å²) in [5.74, 6) is -9.57. The van der Waals surface area contributed by atoms with E-state index >= 15 is 0 Å². The number of benzene rings is 3. The summed E-state index contributed by atoms with van der Waals surface area (Å²) in [7, 11) is 2.91. The Kier molecular flexibility index (Phi) is 9.10. The van der Waals surface area contributed by atoms with Gasteiger partial charge in [0, 0.05) is 22.6 Å². The number of amides is 1. The van der Waals surface area contributed by atoms with Gasteiger partial charge in [-0.3, -0.25) is 19.3 Å². The maximum atomic E-state index is 14.2. The number of hydrogen-bond acceptors (Lipinski definition) is 10. The van der Waals surface area contributed by atoms with Crippen LogP contribution < -0.4 is 16.4 Å². The second-order valence-electron chi connectivity index (χ2n) is 12.1. The Morgan fingerprint density at radius 3 is 2.23 bits per heavy atom. The fourth-order valence-electron chi connectivity index (χ4n) is 7.33. The number of aliphatic hydroxyl groups excluding tert-OH is 3. The lowest BCUT2D eigenvalue weighted by atomic mass is 9.54. The van der Waals surface area contributed by atoms with Gasteiger partial charge in [-0.15, -0.1) is 0 Å². The minimum atomic E-state index is -2.99. The van der Waals surface area contributed by atoms with Crippen molar-refractivity contribution in [2.45, 2.75) is 44.4 Å². The summed E-state index contributed by atoms with van der Waals surface area (Å²) in [5, 5.41) is 65.7. The molecule has 9 N–H and O–H groups in total. The van der Waals surface area contributed by atoms with Crippen molar-refractivity contribution in [1.29, 1.82) is 0 Å². The Morgan fingerprint density at radius 1 is 0.958 bits per heavy atom. The molecule has 0 bridgehead atoms. The van der Waals surface area contributed by atoms with E-state index < -0.39 is 81.4 Å². The van der Waals surface area contributed by atoms with Crippen molar-refractivity contribution in [1.82, 2.24) is 4.90 Å². The number of aromatic hydroxyl groups is 1. The first-order valence-electron chi connectivity index (χ1n) is 15.5. The van der Waals surface area contributed by atoms with E-state index in [1.807, 2.05) is 56.3 Å². The zero-order valence-electron chi connectivity index (χ0n) is 27.0. The van der Waals surface area contributed by atoms with Gasteiger partial charge in [-0.25, -0.2) is 0 Å². The second kappa shape index (κ2) is 12.7. The van der Waals surface area contributed by atoms with Crippen LogP contribution in [0.4, 0.5) is 11.4 Å². The quantitative estimate of drug-likeness (QED) is 0.114. The summed E-state index contributed by atoms with van der Waals surface area (Å²) in [6.45, 7) is 5.66. The number of ketones is 2. The van der Waals surface area contributed by atoms with Crippen LogP contribution in [0.25, 0.3) is 16.5 Å². The predicted octanol–water partition coefficient (Wildman–Crippen LogP) is 3.48. The number of nitrogens with zero attached hydrogens (tertiary/aromatic N) is 1. The van der Waals surface area contributed by atoms with Crippen LogP contribution in [0.1, 0.15) is 37.8 Å². The van der Waals surface area contributed by atoms with Crippen LogP contribution in [0.15, 0.2) is 71.5 Å². The molecule has 48 heavy (non-hydrogen) atoms. The number of phenolic OH excluding ortho intramolecular Hbond substituents is 1. The number of carbonyl (C=O) groups is 3. The fourth-order valence-corrected chi connectivity index (χ4v) is 7.55. The van der Waals surface area contributed by atoms with Gasteiger partial charge in [0.15, 0.2) is 16.5 Å². The number of thiocarbonyl (C=S) groups is 1. The Labute approximate surface area is 282 Å². The van der Waals surface area contributed by atoms with Crippen LogP contribution in [-0.4, -0.2) is 84.9 Å². The summed E-state index contributed by atoms with van der Waals surface area (Å²) < 4.78 is 0. The molecule has 6 rings (SSSR count). The molecule has 0 saturated heterocycles. The van der Waals surface area contributed by atoms with E-state index in [-0.39, 0.29) is 16.4 Å². The van der Waals surface area contributed by atoms with Crippen molar-refractivity contribution in [2.24, 2.45) is 17.6 Å². The number of hydrogen-bond donors (Lipinski definition) is 8. The molecule has 252 valence electrons. The zero-order valence-corrected chi connectivity index (χ0v) is 27.8. The molecule has 0 spiro atoms. The molecule has 0 aliphatic heterocycles. The fraction of sp³-hybridized carbons (Fsp3) is 0.314. The number of primary amides is 1. The molecule has 13 heteroatoms. The number of anilines is 2. The standard InChI is InChI=1S/C33H32N4O8S.C2H6/c1-13-15-11-12-18(36-32(46)35-17-10-6-8-14-7-4-5-9-16(14)17)25(38)20(15)26(39)21-19(13)27(40)23-24(37(2)3)28(41)22(31(34)44)30(43)33(23,45)29(21)42;1-2/h4-13,19,23-24,27,38-40,43,45H,1-3H3,(H2,34,44)(H2,35,36,46);1-2H3/t13-,19+,23+,24-,27-,33-;/m0./s1. The number of fused-ring (bicyclic) bond motifs is 4. The van der Waals surface area contributed by atoms with Crippen molar-refractivity contribution >= 4 is 62.7 Å². The van der Waals surface area contributed by atoms with Gasteiger partial charge in [0.25, 0.3) is 5.91 Å². The molecule has 12 nitrogen and oxygen atoms in total. The molecule has 1 saturated carbocycles. The summed E-state index contributed by atoms with van der Waals surface area (Å²) in [4.78, 5) is 41.0. The highest BCUT2D eigenvalue weighted by Crippen LogP contribution is 2.56. The largest absolute Gasteiger partial charge is 0.508 e. The molecule has 3 aliphatic carbocycles. The van der Waals surface area contributed by atoms with Crippen LogP contribution in [0.5, 0.6) is 5.75 Å². The lowest BCUT2D eigenvalue weighted by Gasteiger charge is -2.53. The van der Waals surface area contributed by atoms with E-state index in [0.717, 1.165) is 10.8 Å². The average molecular weight is 675 g/mol. The third-order valence-electron chi connectivity index (χ3n) is 9.42. The van der Waals surface area contributed by atoms with E-state index in [1.165, 1.54) is 25.1 Å². The van der Waals surface area contributed by atoms with Gasteiger partial charge < -0.3 is 41.9 Å². The molecular formula is C35H38N4O8S. The van der Waals surface area contributed by atoms with E-state index in [2.05, 4.69) is 10.6 Å². The van der Waals surface area contributed by atoms with Crippen LogP contribution in [0.3, 0.4) is 0 Å². The number of phenols is 1. The van der Waals surface area contributed by atoms with Gasteiger partial charge in [0.1, 0.15) is 22.8 Å². The van der Waals surface area contributed by atoms with Crippen LogP contribution in [0.2, 0.25) is 0 Å². The molecule has 6 atom stereocenters.